The number of Topliss-reactive ketones (excluding diaryl/α,β-unsaturated/α-hetero) is 1. The molecule has 0 aromatic heterocycles. The lowest BCUT2D eigenvalue weighted by Gasteiger charge is -2.38. The minimum absolute atomic E-state index is 0.0725. The molecule has 0 bridgehead atoms. The van der Waals surface area contributed by atoms with Crippen molar-refractivity contribution in [3.8, 4) is 5.75 Å². The van der Waals surface area contributed by atoms with Gasteiger partial charge in [-0.15, -0.1) is 0 Å². The third-order valence-electron chi connectivity index (χ3n) is 5.53. The molecule has 1 amide bonds. The molecule has 1 heterocycles. The van der Waals surface area contributed by atoms with Gasteiger partial charge in [0.15, 0.2) is 0 Å². The summed E-state index contributed by atoms with van der Waals surface area (Å²) >= 11 is 5.93. The van der Waals surface area contributed by atoms with E-state index < -0.39 is 0 Å². The van der Waals surface area contributed by atoms with Crippen molar-refractivity contribution in [1.29, 1.82) is 0 Å². The number of nitrogens with zero attached hydrogens (tertiary/aromatic N) is 1. The highest BCUT2D eigenvalue weighted by atomic mass is 35.5. The van der Waals surface area contributed by atoms with Crippen molar-refractivity contribution in [2.75, 3.05) is 20.2 Å². The van der Waals surface area contributed by atoms with Gasteiger partial charge in [0.1, 0.15) is 11.5 Å². The predicted octanol–water partition coefficient (Wildman–Crippen LogP) is 4.50. The predicted molar refractivity (Wildman–Crippen MR) is 111 cm³/mol. The van der Waals surface area contributed by atoms with Gasteiger partial charge in [-0.05, 0) is 53.6 Å². The monoisotopic (exact) mass is 399 g/mol. The molecule has 0 radical (unpaired) electrons. The molecule has 1 aliphatic heterocycles. The van der Waals surface area contributed by atoms with Crippen molar-refractivity contribution >= 4 is 23.3 Å². The maximum absolute atomic E-state index is 12.8. The van der Waals surface area contributed by atoms with Gasteiger partial charge in [-0.1, -0.05) is 35.9 Å². The van der Waals surface area contributed by atoms with E-state index in [-0.39, 0.29) is 23.5 Å². The second-order valence-corrected chi connectivity index (χ2v) is 7.88. The Morgan fingerprint density at radius 3 is 2.39 bits per heavy atom. The molecule has 5 heteroatoms. The van der Waals surface area contributed by atoms with Crippen molar-refractivity contribution in [2.45, 2.75) is 32.1 Å². The number of ether oxygens (including phenoxy) is 1. The molecule has 0 N–H and O–H groups in total. The fraction of sp³-hybridized carbons (Fsp3) is 0.391. The molecule has 1 aliphatic rings. The zero-order chi connectivity index (χ0) is 20.1. The molecule has 148 valence electrons. The third-order valence-corrected chi connectivity index (χ3v) is 5.78. The smallest absolute Gasteiger partial charge is 0.219 e. The van der Waals surface area contributed by atoms with Gasteiger partial charge in [-0.2, -0.15) is 0 Å². The highest BCUT2D eigenvalue weighted by Gasteiger charge is 2.32. The Hall–Kier alpha value is -2.33. The number of carbonyl (C=O) groups is 2. The molecule has 1 fully saturated rings. The molecule has 3 rings (SSSR count). The number of rotatable bonds is 6. The van der Waals surface area contributed by atoms with Crippen LogP contribution in [0, 0.1) is 5.92 Å². The average molecular weight is 400 g/mol. The lowest BCUT2D eigenvalue weighted by molar-refractivity contribution is -0.132. The Bertz CT molecular complexity index is 817. The van der Waals surface area contributed by atoms with Crippen LogP contribution in [-0.4, -0.2) is 36.8 Å². The van der Waals surface area contributed by atoms with Crippen LogP contribution in [-0.2, 0) is 16.0 Å². The maximum atomic E-state index is 12.8. The van der Waals surface area contributed by atoms with Gasteiger partial charge >= 0.3 is 0 Å². The number of benzene rings is 2. The number of ketones is 1. The Morgan fingerprint density at radius 2 is 1.79 bits per heavy atom. The standard InChI is InChI=1S/C23H26ClNO3/c1-16(26)25-12-11-23(18-5-9-22(28-2)10-6-18)19(15-25)14-21(27)13-17-3-7-20(24)8-4-17/h3-10,19,23H,11-15H2,1-2H3. The van der Waals surface area contributed by atoms with E-state index in [0.29, 0.717) is 24.4 Å². The summed E-state index contributed by atoms with van der Waals surface area (Å²) in [5.74, 6) is 1.46. The van der Waals surface area contributed by atoms with E-state index >= 15 is 0 Å². The number of piperidine rings is 1. The molecule has 2 aromatic carbocycles. The van der Waals surface area contributed by atoms with E-state index in [9.17, 15) is 9.59 Å². The van der Waals surface area contributed by atoms with Crippen molar-refractivity contribution < 1.29 is 14.3 Å². The average Bonchev–Trinajstić information content (AvgIpc) is 2.69. The molecule has 0 saturated carbocycles. The first-order valence-electron chi connectivity index (χ1n) is 9.62. The second-order valence-electron chi connectivity index (χ2n) is 7.44. The highest BCUT2D eigenvalue weighted by molar-refractivity contribution is 6.30. The van der Waals surface area contributed by atoms with Crippen LogP contribution in [0.3, 0.4) is 0 Å². The minimum atomic E-state index is 0.0725. The summed E-state index contributed by atoms with van der Waals surface area (Å²) < 4.78 is 5.25. The zero-order valence-electron chi connectivity index (χ0n) is 16.4. The molecule has 1 saturated heterocycles. The van der Waals surface area contributed by atoms with E-state index in [0.717, 1.165) is 24.3 Å². The van der Waals surface area contributed by atoms with Crippen LogP contribution >= 0.6 is 11.6 Å². The van der Waals surface area contributed by atoms with Crippen LogP contribution in [0.2, 0.25) is 5.02 Å². The number of hydrogen-bond acceptors (Lipinski definition) is 3. The molecular formula is C23H26ClNO3. The summed E-state index contributed by atoms with van der Waals surface area (Å²) in [6, 6.07) is 15.5. The largest absolute Gasteiger partial charge is 0.497 e. The van der Waals surface area contributed by atoms with Crippen LogP contribution in [0.1, 0.15) is 36.8 Å². The van der Waals surface area contributed by atoms with Gasteiger partial charge in [-0.25, -0.2) is 0 Å². The zero-order valence-corrected chi connectivity index (χ0v) is 17.1. The second kappa shape index (κ2) is 9.24. The van der Waals surface area contributed by atoms with Crippen LogP contribution in [0.5, 0.6) is 5.75 Å². The van der Waals surface area contributed by atoms with E-state index in [4.69, 9.17) is 16.3 Å². The fourth-order valence-electron chi connectivity index (χ4n) is 4.01. The van der Waals surface area contributed by atoms with E-state index in [2.05, 4.69) is 12.1 Å². The normalized spacial score (nSPS) is 19.3. The Kier molecular flexibility index (Phi) is 6.74. The van der Waals surface area contributed by atoms with Gasteiger partial charge in [0.2, 0.25) is 5.91 Å². The summed E-state index contributed by atoms with van der Waals surface area (Å²) in [7, 11) is 1.65. The third kappa shape index (κ3) is 5.14. The summed E-state index contributed by atoms with van der Waals surface area (Å²) in [6.07, 6.45) is 1.72. The number of hydrogen-bond donors (Lipinski definition) is 0. The van der Waals surface area contributed by atoms with Gasteiger partial charge in [0.25, 0.3) is 0 Å². The van der Waals surface area contributed by atoms with Crippen molar-refractivity contribution in [2.24, 2.45) is 5.92 Å². The van der Waals surface area contributed by atoms with Gasteiger partial charge in [0.05, 0.1) is 7.11 Å². The SMILES string of the molecule is COc1ccc(C2CCN(C(C)=O)CC2CC(=O)Cc2ccc(Cl)cc2)cc1. The fourth-order valence-corrected chi connectivity index (χ4v) is 4.14. The van der Waals surface area contributed by atoms with Crippen molar-refractivity contribution in [3.63, 3.8) is 0 Å². The van der Waals surface area contributed by atoms with Crippen LogP contribution in [0.15, 0.2) is 48.5 Å². The summed E-state index contributed by atoms with van der Waals surface area (Å²) in [5.41, 5.74) is 2.17. The van der Waals surface area contributed by atoms with Gasteiger partial charge < -0.3 is 9.64 Å². The lowest BCUT2D eigenvalue weighted by atomic mass is 9.77. The summed E-state index contributed by atoms with van der Waals surface area (Å²) in [6.45, 7) is 2.95. The Morgan fingerprint density at radius 1 is 1.11 bits per heavy atom. The number of methoxy groups -OCH3 is 1. The maximum Gasteiger partial charge on any atom is 0.219 e. The Balaban J connectivity index is 1.73. The molecule has 4 nitrogen and oxygen atoms in total. The topological polar surface area (TPSA) is 46.6 Å². The molecule has 28 heavy (non-hydrogen) atoms. The molecule has 2 aromatic rings. The van der Waals surface area contributed by atoms with Crippen molar-refractivity contribution in [1.82, 2.24) is 4.90 Å². The number of amides is 1. The van der Waals surface area contributed by atoms with E-state index in [1.165, 1.54) is 5.56 Å². The van der Waals surface area contributed by atoms with Gasteiger partial charge in [0, 0.05) is 37.9 Å². The first-order valence-corrected chi connectivity index (χ1v) is 9.99. The molecule has 2 atom stereocenters. The molecule has 0 aliphatic carbocycles. The van der Waals surface area contributed by atoms with Crippen molar-refractivity contribution in [3.05, 3.63) is 64.7 Å². The first kappa shape index (κ1) is 20.4. The summed E-state index contributed by atoms with van der Waals surface area (Å²) in [4.78, 5) is 26.5. The van der Waals surface area contributed by atoms with Crippen LogP contribution < -0.4 is 4.74 Å². The highest BCUT2D eigenvalue weighted by Crippen LogP contribution is 2.36. The molecular weight excluding hydrogens is 374 g/mol. The number of halogens is 1. The molecule has 0 spiro atoms. The van der Waals surface area contributed by atoms with E-state index in [1.54, 1.807) is 14.0 Å². The minimum Gasteiger partial charge on any atom is -0.497 e. The van der Waals surface area contributed by atoms with Gasteiger partial charge in [-0.3, -0.25) is 9.59 Å². The first-order chi connectivity index (χ1) is 13.5. The van der Waals surface area contributed by atoms with Crippen LogP contribution in [0.25, 0.3) is 0 Å². The summed E-state index contributed by atoms with van der Waals surface area (Å²) in [5, 5.41) is 0.667. The van der Waals surface area contributed by atoms with Crippen LogP contribution in [0.4, 0.5) is 0 Å². The van der Waals surface area contributed by atoms with E-state index in [1.807, 2.05) is 41.3 Å². The number of likely N-dealkylation sites (tertiary alicyclic amines) is 1. The quantitative estimate of drug-likeness (QED) is 0.718. The molecule has 2 unspecified atom stereocenters. The number of carbonyl (C=O) groups excluding carboxylic acids is 2. The Labute approximate surface area is 171 Å². The lowest BCUT2D eigenvalue weighted by Crippen LogP contribution is -2.42.